The standard InChI is InChI=1S/C25H23ClFN7O2/c26-19-11-16(8-9-20(19)27)31-24-23-21(29-15-30-24)12-28-25(33-23)32-17-5-4-10-34(13-17)14-22(35)36-18-6-2-1-3-7-18/h1-3,6-9,11-12,15,17H,4-5,10,13-14H2,(H,28,32,33)(H,29,30,31). The number of aromatic nitrogens is 4. The third-order valence-electron chi connectivity index (χ3n) is 5.73. The predicted octanol–water partition coefficient (Wildman–Crippen LogP) is 4.44. The van der Waals surface area contributed by atoms with Gasteiger partial charge in [0.05, 0.1) is 17.8 Å². The Morgan fingerprint density at radius 2 is 2.03 bits per heavy atom. The summed E-state index contributed by atoms with van der Waals surface area (Å²) < 4.78 is 18.9. The number of hydrogen-bond donors (Lipinski definition) is 2. The number of esters is 1. The molecule has 11 heteroatoms. The van der Waals surface area contributed by atoms with E-state index in [0.29, 0.717) is 40.8 Å². The van der Waals surface area contributed by atoms with Crippen molar-refractivity contribution in [1.82, 2.24) is 24.8 Å². The quantitative estimate of drug-likeness (QED) is 0.277. The van der Waals surface area contributed by atoms with Crippen LogP contribution in [0.15, 0.2) is 61.1 Å². The number of anilines is 3. The Labute approximate surface area is 211 Å². The zero-order valence-electron chi connectivity index (χ0n) is 19.2. The van der Waals surface area contributed by atoms with Gasteiger partial charge >= 0.3 is 5.97 Å². The van der Waals surface area contributed by atoms with Crippen molar-refractivity contribution < 1.29 is 13.9 Å². The molecule has 0 bridgehead atoms. The fraction of sp³-hybridized carbons (Fsp3) is 0.240. The first kappa shape index (κ1) is 23.8. The molecule has 1 fully saturated rings. The minimum absolute atomic E-state index is 0.00449. The fourth-order valence-corrected chi connectivity index (χ4v) is 4.24. The summed E-state index contributed by atoms with van der Waals surface area (Å²) in [5.41, 5.74) is 1.63. The number of ether oxygens (including phenoxy) is 1. The second-order valence-electron chi connectivity index (χ2n) is 8.41. The topological polar surface area (TPSA) is 105 Å². The average Bonchev–Trinajstić information content (AvgIpc) is 2.87. The third kappa shape index (κ3) is 5.84. The van der Waals surface area contributed by atoms with Crippen molar-refractivity contribution in [3.63, 3.8) is 0 Å². The van der Waals surface area contributed by atoms with Gasteiger partial charge in [0, 0.05) is 18.3 Å². The summed E-state index contributed by atoms with van der Waals surface area (Å²) in [6.07, 6.45) is 4.86. The largest absolute Gasteiger partial charge is 0.426 e. The number of piperidine rings is 1. The Morgan fingerprint density at radius 1 is 1.17 bits per heavy atom. The van der Waals surface area contributed by atoms with Crippen LogP contribution in [0, 0.1) is 5.82 Å². The van der Waals surface area contributed by atoms with Crippen molar-refractivity contribution in [3.05, 3.63) is 71.9 Å². The molecule has 1 aliphatic rings. The monoisotopic (exact) mass is 507 g/mol. The van der Waals surface area contributed by atoms with Crippen LogP contribution in [0.2, 0.25) is 5.02 Å². The summed E-state index contributed by atoms with van der Waals surface area (Å²) >= 11 is 5.90. The average molecular weight is 508 g/mol. The molecule has 184 valence electrons. The Bertz CT molecular complexity index is 1380. The van der Waals surface area contributed by atoms with Crippen LogP contribution in [0.5, 0.6) is 5.75 Å². The lowest BCUT2D eigenvalue weighted by Crippen LogP contribution is -2.45. The smallest absolute Gasteiger partial charge is 0.325 e. The highest BCUT2D eigenvalue weighted by molar-refractivity contribution is 6.31. The number of fused-ring (bicyclic) bond motifs is 1. The van der Waals surface area contributed by atoms with Crippen molar-refractivity contribution >= 4 is 46.1 Å². The first-order chi connectivity index (χ1) is 17.5. The van der Waals surface area contributed by atoms with Crippen LogP contribution in [-0.2, 0) is 4.79 Å². The van der Waals surface area contributed by atoms with Gasteiger partial charge in [0.25, 0.3) is 0 Å². The molecule has 1 aliphatic heterocycles. The lowest BCUT2D eigenvalue weighted by atomic mass is 10.1. The molecule has 1 atom stereocenters. The number of para-hydroxylation sites is 1. The summed E-state index contributed by atoms with van der Waals surface area (Å²) in [5.74, 6) is 0.613. The van der Waals surface area contributed by atoms with Gasteiger partial charge in [-0.05, 0) is 49.7 Å². The molecule has 5 rings (SSSR count). The van der Waals surface area contributed by atoms with E-state index in [9.17, 15) is 9.18 Å². The van der Waals surface area contributed by atoms with Gasteiger partial charge in [-0.3, -0.25) is 9.69 Å². The van der Waals surface area contributed by atoms with E-state index < -0.39 is 5.82 Å². The number of benzene rings is 2. The molecule has 2 aromatic heterocycles. The minimum atomic E-state index is -0.501. The highest BCUT2D eigenvalue weighted by atomic mass is 35.5. The van der Waals surface area contributed by atoms with Crippen LogP contribution in [0.1, 0.15) is 12.8 Å². The second kappa shape index (κ2) is 10.8. The van der Waals surface area contributed by atoms with E-state index in [1.54, 1.807) is 24.4 Å². The lowest BCUT2D eigenvalue weighted by molar-refractivity contribution is -0.135. The van der Waals surface area contributed by atoms with Crippen LogP contribution in [-0.4, -0.2) is 56.5 Å². The number of hydrogen-bond acceptors (Lipinski definition) is 9. The highest BCUT2D eigenvalue weighted by Gasteiger charge is 2.23. The van der Waals surface area contributed by atoms with E-state index in [1.807, 2.05) is 18.2 Å². The first-order valence-electron chi connectivity index (χ1n) is 11.5. The van der Waals surface area contributed by atoms with Crippen LogP contribution < -0.4 is 15.4 Å². The Kier molecular flexibility index (Phi) is 7.15. The molecule has 3 heterocycles. The Hall–Kier alpha value is -3.89. The molecule has 0 aliphatic carbocycles. The van der Waals surface area contributed by atoms with Gasteiger partial charge in [0.2, 0.25) is 5.95 Å². The van der Waals surface area contributed by atoms with Gasteiger partial charge in [-0.2, -0.15) is 0 Å². The molecule has 0 radical (unpaired) electrons. The zero-order chi connectivity index (χ0) is 24.9. The summed E-state index contributed by atoms with van der Waals surface area (Å²) in [4.78, 5) is 32.0. The van der Waals surface area contributed by atoms with Gasteiger partial charge < -0.3 is 15.4 Å². The number of nitrogens with zero attached hydrogens (tertiary/aromatic N) is 5. The van der Waals surface area contributed by atoms with Crippen LogP contribution in [0.25, 0.3) is 11.0 Å². The molecule has 2 aromatic carbocycles. The molecule has 0 saturated carbocycles. The SMILES string of the molecule is O=C(CN1CCCC(Nc2ncc3ncnc(Nc4ccc(F)c(Cl)c4)c3n2)C1)Oc1ccccc1. The molecule has 9 nitrogen and oxygen atoms in total. The number of halogens is 2. The number of nitrogens with one attached hydrogen (secondary N) is 2. The van der Waals surface area contributed by atoms with Crippen molar-refractivity contribution in [1.29, 1.82) is 0 Å². The van der Waals surface area contributed by atoms with E-state index in [0.717, 1.165) is 19.4 Å². The predicted molar refractivity (Wildman–Crippen MR) is 135 cm³/mol. The van der Waals surface area contributed by atoms with Crippen molar-refractivity contribution in [2.45, 2.75) is 18.9 Å². The maximum atomic E-state index is 13.5. The Balaban J connectivity index is 1.25. The molecular weight excluding hydrogens is 485 g/mol. The molecule has 36 heavy (non-hydrogen) atoms. The number of carbonyl (C=O) groups is 1. The molecular formula is C25H23ClFN7O2. The number of likely N-dealkylation sites (tertiary alicyclic amines) is 1. The van der Waals surface area contributed by atoms with Crippen LogP contribution >= 0.6 is 11.6 Å². The molecule has 0 spiro atoms. The highest BCUT2D eigenvalue weighted by Crippen LogP contribution is 2.25. The first-order valence-corrected chi connectivity index (χ1v) is 11.9. The summed E-state index contributed by atoms with van der Waals surface area (Å²) in [7, 11) is 0. The second-order valence-corrected chi connectivity index (χ2v) is 8.82. The lowest BCUT2D eigenvalue weighted by Gasteiger charge is -2.32. The summed E-state index contributed by atoms with van der Waals surface area (Å²) in [6, 6.07) is 13.4. The van der Waals surface area contributed by atoms with Crippen LogP contribution in [0.3, 0.4) is 0 Å². The third-order valence-corrected chi connectivity index (χ3v) is 6.02. The van der Waals surface area contributed by atoms with E-state index >= 15 is 0 Å². The Morgan fingerprint density at radius 3 is 2.86 bits per heavy atom. The number of rotatable bonds is 7. The van der Waals surface area contributed by atoms with Crippen molar-refractivity contribution in [2.75, 3.05) is 30.3 Å². The van der Waals surface area contributed by atoms with Gasteiger partial charge in [-0.25, -0.2) is 24.3 Å². The van der Waals surface area contributed by atoms with Crippen molar-refractivity contribution in [2.24, 2.45) is 0 Å². The maximum Gasteiger partial charge on any atom is 0.325 e. The normalized spacial score (nSPS) is 16.0. The van der Waals surface area contributed by atoms with Gasteiger partial charge in [0.15, 0.2) is 5.82 Å². The molecule has 1 unspecified atom stereocenters. The summed E-state index contributed by atoms with van der Waals surface area (Å²) in [6.45, 7) is 1.66. The number of carbonyl (C=O) groups excluding carboxylic acids is 1. The van der Waals surface area contributed by atoms with E-state index in [-0.39, 0.29) is 23.6 Å². The molecule has 2 N–H and O–H groups in total. The van der Waals surface area contributed by atoms with Gasteiger partial charge in [-0.15, -0.1) is 0 Å². The minimum Gasteiger partial charge on any atom is -0.426 e. The molecule has 1 saturated heterocycles. The van der Waals surface area contributed by atoms with E-state index in [2.05, 4.69) is 35.5 Å². The van der Waals surface area contributed by atoms with Gasteiger partial charge in [0.1, 0.15) is 28.9 Å². The maximum absolute atomic E-state index is 13.5. The van der Waals surface area contributed by atoms with E-state index in [1.165, 1.54) is 18.5 Å². The fourth-order valence-electron chi connectivity index (χ4n) is 4.06. The molecule has 4 aromatic rings. The van der Waals surface area contributed by atoms with Gasteiger partial charge in [-0.1, -0.05) is 29.8 Å². The van der Waals surface area contributed by atoms with Crippen molar-refractivity contribution in [3.8, 4) is 5.75 Å². The zero-order valence-corrected chi connectivity index (χ0v) is 20.0. The van der Waals surface area contributed by atoms with Crippen LogP contribution in [0.4, 0.5) is 21.8 Å². The molecule has 0 amide bonds. The summed E-state index contributed by atoms with van der Waals surface area (Å²) in [5, 5.41) is 6.48. The van der Waals surface area contributed by atoms with E-state index in [4.69, 9.17) is 16.3 Å².